The van der Waals surface area contributed by atoms with Gasteiger partial charge < -0.3 is 15.0 Å². The zero-order valence-electron chi connectivity index (χ0n) is 20.2. The Balaban J connectivity index is 1.25. The van der Waals surface area contributed by atoms with E-state index in [1.54, 1.807) is 17.3 Å². The van der Waals surface area contributed by atoms with Gasteiger partial charge in [-0.2, -0.15) is 10.2 Å². The van der Waals surface area contributed by atoms with E-state index in [1.165, 1.54) is 6.20 Å². The van der Waals surface area contributed by atoms with Gasteiger partial charge in [-0.15, -0.1) is 0 Å². The SMILES string of the molecule is C[C@H]1CC[C@H](c2ccc3cn(C4CCOCC4)nc3c2)N(C(=O)C(=O)Nc2cncc3cn[nH]c23)C1. The predicted molar refractivity (Wildman–Crippen MR) is 134 cm³/mol. The van der Waals surface area contributed by atoms with Gasteiger partial charge in [-0.1, -0.05) is 19.1 Å². The highest BCUT2D eigenvalue weighted by Gasteiger charge is 2.34. The minimum Gasteiger partial charge on any atom is -0.381 e. The Hall–Kier alpha value is -3.79. The van der Waals surface area contributed by atoms with Gasteiger partial charge in [0, 0.05) is 42.9 Å². The molecule has 4 aromatic rings. The van der Waals surface area contributed by atoms with Crippen molar-refractivity contribution in [3.63, 3.8) is 0 Å². The zero-order chi connectivity index (χ0) is 24.6. The molecule has 5 heterocycles. The first-order valence-electron chi connectivity index (χ1n) is 12.5. The van der Waals surface area contributed by atoms with Gasteiger partial charge in [-0.05, 0) is 43.2 Å². The van der Waals surface area contributed by atoms with Crippen LogP contribution in [0.15, 0.2) is 43.0 Å². The van der Waals surface area contributed by atoms with Crippen LogP contribution in [0.4, 0.5) is 5.69 Å². The maximum Gasteiger partial charge on any atom is 0.314 e. The summed E-state index contributed by atoms with van der Waals surface area (Å²) >= 11 is 0. The summed E-state index contributed by atoms with van der Waals surface area (Å²) in [6, 6.07) is 6.36. The molecule has 3 aromatic heterocycles. The lowest BCUT2D eigenvalue weighted by atomic mass is 9.89. The van der Waals surface area contributed by atoms with E-state index in [-0.39, 0.29) is 6.04 Å². The number of piperidine rings is 1. The smallest absolute Gasteiger partial charge is 0.314 e. The Morgan fingerprint density at radius 2 is 1.94 bits per heavy atom. The average Bonchev–Trinajstić information content (AvgIpc) is 3.56. The van der Waals surface area contributed by atoms with Crippen molar-refractivity contribution in [1.29, 1.82) is 0 Å². The Labute approximate surface area is 208 Å². The molecule has 0 aliphatic carbocycles. The van der Waals surface area contributed by atoms with E-state index in [0.29, 0.717) is 29.7 Å². The van der Waals surface area contributed by atoms with Crippen molar-refractivity contribution >= 4 is 39.3 Å². The molecule has 0 bridgehead atoms. The van der Waals surface area contributed by atoms with E-state index >= 15 is 0 Å². The van der Waals surface area contributed by atoms with Gasteiger partial charge in [0.05, 0.1) is 41.2 Å². The molecule has 6 rings (SSSR count). The van der Waals surface area contributed by atoms with Crippen LogP contribution in [0, 0.1) is 5.92 Å². The summed E-state index contributed by atoms with van der Waals surface area (Å²) in [6.45, 7) is 4.16. The number of aromatic amines is 1. The van der Waals surface area contributed by atoms with Gasteiger partial charge in [-0.3, -0.25) is 24.4 Å². The number of carbonyl (C=O) groups excluding carboxylic acids is 2. The number of pyridine rings is 1. The van der Waals surface area contributed by atoms with Crippen LogP contribution >= 0.6 is 0 Å². The molecule has 2 N–H and O–H groups in total. The van der Waals surface area contributed by atoms with E-state index < -0.39 is 11.8 Å². The molecule has 0 radical (unpaired) electrons. The second-order valence-corrected chi connectivity index (χ2v) is 9.90. The molecule has 2 aliphatic heterocycles. The number of hydrogen-bond acceptors (Lipinski definition) is 6. The van der Waals surface area contributed by atoms with E-state index in [0.717, 1.165) is 60.7 Å². The minimum absolute atomic E-state index is 0.182. The number of nitrogens with zero attached hydrogens (tertiary/aromatic N) is 5. The third-order valence-corrected chi connectivity index (χ3v) is 7.37. The van der Waals surface area contributed by atoms with Gasteiger partial charge >= 0.3 is 11.8 Å². The number of amides is 2. The van der Waals surface area contributed by atoms with Crippen molar-refractivity contribution in [2.45, 2.75) is 44.7 Å². The molecule has 36 heavy (non-hydrogen) atoms. The summed E-state index contributed by atoms with van der Waals surface area (Å²) in [6.07, 6.45) is 10.6. The largest absolute Gasteiger partial charge is 0.381 e. The Kier molecular flexibility index (Phi) is 5.88. The number of carbonyl (C=O) groups is 2. The molecule has 2 saturated heterocycles. The maximum atomic E-state index is 13.4. The second-order valence-electron chi connectivity index (χ2n) is 9.90. The number of hydrogen-bond donors (Lipinski definition) is 2. The van der Waals surface area contributed by atoms with Crippen molar-refractivity contribution < 1.29 is 14.3 Å². The number of benzene rings is 1. The fraction of sp³-hybridized carbons (Fsp3) is 0.423. The summed E-state index contributed by atoms with van der Waals surface area (Å²) in [4.78, 5) is 32.3. The van der Waals surface area contributed by atoms with Gasteiger partial charge in [0.2, 0.25) is 0 Å². The van der Waals surface area contributed by atoms with E-state index in [2.05, 4.69) is 56.5 Å². The number of likely N-dealkylation sites (tertiary alicyclic amines) is 1. The molecule has 10 nitrogen and oxygen atoms in total. The van der Waals surface area contributed by atoms with Crippen molar-refractivity contribution in [2.24, 2.45) is 5.92 Å². The highest BCUT2D eigenvalue weighted by atomic mass is 16.5. The van der Waals surface area contributed by atoms with Crippen LogP contribution in [0.2, 0.25) is 0 Å². The maximum absolute atomic E-state index is 13.4. The van der Waals surface area contributed by atoms with Gasteiger partial charge in [0.15, 0.2) is 0 Å². The van der Waals surface area contributed by atoms with Crippen LogP contribution in [0.3, 0.4) is 0 Å². The quantitative estimate of drug-likeness (QED) is 0.427. The second kappa shape index (κ2) is 9.34. The molecule has 0 saturated carbocycles. The first-order valence-corrected chi connectivity index (χ1v) is 12.5. The van der Waals surface area contributed by atoms with Crippen LogP contribution in [-0.4, -0.2) is 61.4 Å². The lowest BCUT2D eigenvalue weighted by molar-refractivity contribution is -0.146. The van der Waals surface area contributed by atoms with Crippen molar-refractivity contribution in [1.82, 2.24) is 29.9 Å². The average molecular weight is 488 g/mol. The highest BCUT2D eigenvalue weighted by molar-refractivity contribution is 6.40. The van der Waals surface area contributed by atoms with Crippen LogP contribution in [-0.2, 0) is 14.3 Å². The Morgan fingerprint density at radius 3 is 2.81 bits per heavy atom. The fourth-order valence-electron chi connectivity index (χ4n) is 5.39. The molecule has 10 heteroatoms. The number of fused-ring (bicyclic) bond motifs is 2. The van der Waals surface area contributed by atoms with Crippen LogP contribution in [0.5, 0.6) is 0 Å². The number of aromatic nitrogens is 5. The number of rotatable bonds is 3. The van der Waals surface area contributed by atoms with E-state index in [1.807, 2.05) is 0 Å². The lowest BCUT2D eigenvalue weighted by Gasteiger charge is -2.38. The third-order valence-electron chi connectivity index (χ3n) is 7.37. The summed E-state index contributed by atoms with van der Waals surface area (Å²) in [7, 11) is 0. The number of H-pyrrole nitrogens is 1. The number of ether oxygens (including phenoxy) is 1. The van der Waals surface area contributed by atoms with Gasteiger partial charge in [0.1, 0.15) is 0 Å². The van der Waals surface area contributed by atoms with Crippen molar-refractivity contribution in [3.05, 3.63) is 48.5 Å². The monoisotopic (exact) mass is 487 g/mol. The first kappa shape index (κ1) is 22.7. The number of anilines is 1. The molecule has 186 valence electrons. The minimum atomic E-state index is -0.678. The van der Waals surface area contributed by atoms with Crippen LogP contribution in [0.25, 0.3) is 21.8 Å². The molecule has 2 amide bonds. The Morgan fingerprint density at radius 1 is 1.08 bits per heavy atom. The summed E-state index contributed by atoms with van der Waals surface area (Å²) < 4.78 is 7.55. The predicted octanol–water partition coefficient (Wildman–Crippen LogP) is 3.60. The van der Waals surface area contributed by atoms with Crippen molar-refractivity contribution in [2.75, 3.05) is 25.1 Å². The highest BCUT2D eigenvalue weighted by Crippen LogP contribution is 2.35. The molecule has 2 atom stereocenters. The molecule has 0 unspecified atom stereocenters. The van der Waals surface area contributed by atoms with E-state index in [9.17, 15) is 9.59 Å². The first-order chi connectivity index (χ1) is 17.6. The zero-order valence-corrected chi connectivity index (χ0v) is 20.2. The molecule has 0 spiro atoms. The van der Waals surface area contributed by atoms with Crippen LogP contribution in [0.1, 0.15) is 50.3 Å². The summed E-state index contributed by atoms with van der Waals surface area (Å²) in [5.74, 6) is -0.911. The normalized spacial score (nSPS) is 21.2. The molecule has 1 aromatic carbocycles. The van der Waals surface area contributed by atoms with Gasteiger partial charge in [0.25, 0.3) is 0 Å². The van der Waals surface area contributed by atoms with E-state index in [4.69, 9.17) is 9.84 Å². The van der Waals surface area contributed by atoms with Crippen molar-refractivity contribution in [3.8, 4) is 0 Å². The summed E-state index contributed by atoms with van der Waals surface area (Å²) in [5, 5.41) is 16.3. The van der Waals surface area contributed by atoms with Gasteiger partial charge in [-0.25, -0.2) is 0 Å². The lowest BCUT2D eigenvalue weighted by Crippen LogP contribution is -2.46. The summed E-state index contributed by atoms with van der Waals surface area (Å²) in [5.41, 5.74) is 2.99. The standard InChI is InChI=1S/C26H29N7O3/c1-16-2-5-23(17-3-4-18-15-33(31-21(18)10-17)20-6-8-36-9-7-20)32(14-16)26(35)25(34)29-22-13-27-11-19-12-28-30-24(19)22/h3-4,10-13,15-16,20,23H,2,5-9,14H2,1H3,(H,28,30)(H,29,34)/t16-,23+/m0/s1. The topological polar surface area (TPSA) is 118 Å². The third kappa shape index (κ3) is 4.21. The van der Waals surface area contributed by atoms with Crippen LogP contribution < -0.4 is 5.32 Å². The molecular formula is C26H29N7O3. The molecule has 2 aliphatic rings. The Bertz CT molecular complexity index is 1420. The number of nitrogens with one attached hydrogen (secondary N) is 2. The molecular weight excluding hydrogens is 458 g/mol. The fourth-order valence-corrected chi connectivity index (χ4v) is 5.39. The molecule has 2 fully saturated rings.